The van der Waals surface area contributed by atoms with Crippen LogP contribution in [0.5, 0.6) is 5.75 Å². The number of benzene rings is 2. The monoisotopic (exact) mass is 415 g/mol. The Morgan fingerprint density at radius 2 is 1.79 bits per heavy atom. The number of halogens is 1. The van der Waals surface area contributed by atoms with E-state index in [4.69, 9.17) is 4.74 Å². The quantitative estimate of drug-likeness (QED) is 0.706. The second-order valence-corrected chi connectivity index (χ2v) is 8.55. The molecule has 4 rings (SSSR count). The molecule has 1 aliphatic rings. The number of fused-ring (bicyclic) bond motifs is 1. The highest BCUT2D eigenvalue weighted by molar-refractivity contribution is 7.89. The van der Waals surface area contributed by atoms with Crippen molar-refractivity contribution in [1.29, 1.82) is 0 Å². The van der Waals surface area contributed by atoms with Gasteiger partial charge in [-0.05, 0) is 48.5 Å². The van der Waals surface area contributed by atoms with Gasteiger partial charge in [-0.15, -0.1) is 0 Å². The molecule has 0 aliphatic carbocycles. The zero-order chi connectivity index (χ0) is 20.6. The molecule has 0 saturated carbocycles. The number of hydrogen-bond acceptors (Lipinski definition) is 5. The third-order valence-electron chi connectivity index (χ3n) is 4.85. The van der Waals surface area contributed by atoms with Gasteiger partial charge in [0.1, 0.15) is 17.4 Å². The number of ether oxygens (including phenoxy) is 1. The summed E-state index contributed by atoms with van der Waals surface area (Å²) in [6.45, 7) is 0.149. The van der Waals surface area contributed by atoms with Crippen molar-refractivity contribution in [3.05, 3.63) is 76.0 Å². The average Bonchev–Trinajstić information content (AvgIpc) is 2.74. The molecule has 0 unspecified atom stereocenters. The molecule has 2 heterocycles. The summed E-state index contributed by atoms with van der Waals surface area (Å²) in [5.74, 6) is 0.510. The zero-order valence-corrected chi connectivity index (χ0v) is 16.4. The molecular weight excluding hydrogens is 397 g/mol. The third-order valence-corrected chi connectivity index (χ3v) is 6.71. The Labute approximate surface area is 166 Å². The molecule has 150 valence electrons. The van der Waals surface area contributed by atoms with Crippen LogP contribution in [0.2, 0.25) is 0 Å². The lowest BCUT2D eigenvalue weighted by molar-refractivity contribution is 0.385. The summed E-state index contributed by atoms with van der Waals surface area (Å²) in [5, 5.41) is 0. The first-order valence-corrected chi connectivity index (χ1v) is 10.3. The molecule has 29 heavy (non-hydrogen) atoms. The van der Waals surface area contributed by atoms with Gasteiger partial charge in [-0.2, -0.15) is 4.31 Å². The second kappa shape index (κ2) is 7.41. The molecule has 7 nitrogen and oxygen atoms in total. The van der Waals surface area contributed by atoms with Crippen LogP contribution in [-0.2, 0) is 23.0 Å². The summed E-state index contributed by atoms with van der Waals surface area (Å²) in [5.41, 5.74) is 1.05. The molecule has 0 bridgehead atoms. The Kier molecular flexibility index (Phi) is 4.93. The van der Waals surface area contributed by atoms with E-state index in [-0.39, 0.29) is 23.8 Å². The number of nitrogens with zero attached hydrogens (tertiary/aromatic N) is 2. The van der Waals surface area contributed by atoms with Crippen LogP contribution >= 0.6 is 0 Å². The second-order valence-electron chi connectivity index (χ2n) is 6.61. The van der Waals surface area contributed by atoms with Crippen molar-refractivity contribution in [3.63, 3.8) is 0 Å². The van der Waals surface area contributed by atoms with Gasteiger partial charge in [-0.3, -0.25) is 4.79 Å². The zero-order valence-electron chi connectivity index (χ0n) is 15.6. The third kappa shape index (κ3) is 3.66. The summed E-state index contributed by atoms with van der Waals surface area (Å²) >= 11 is 0. The summed E-state index contributed by atoms with van der Waals surface area (Å²) < 4.78 is 45.4. The number of hydrogen-bond donors (Lipinski definition) is 1. The van der Waals surface area contributed by atoms with Crippen molar-refractivity contribution in [2.45, 2.75) is 17.9 Å². The minimum Gasteiger partial charge on any atom is -0.497 e. The van der Waals surface area contributed by atoms with E-state index in [0.717, 1.165) is 0 Å². The number of aromatic nitrogens is 2. The lowest BCUT2D eigenvalue weighted by Crippen LogP contribution is -2.39. The fraction of sp³-hybridized carbons (Fsp3) is 0.200. The van der Waals surface area contributed by atoms with Gasteiger partial charge in [-0.1, -0.05) is 0 Å². The topological polar surface area (TPSA) is 92.4 Å². The van der Waals surface area contributed by atoms with Gasteiger partial charge in [0.25, 0.3) is 5.56 Å². The number of aromatic amines is 1. The fourth-order valence-electron chi connectivity index (χ4n) is 3.25. The summed E-state index contributed by atoms with van der Waals surface area (Å²) in [6, 6.07) is 11.7. The Morgan fingerprint density at radius 1 is 1.10 bits per heavy atom. The largest absolute Gasteiger partial charge is 0.497 e. The van der Waals surface area contributed by atoms with Gasteiger partial charge in [0.15, 0.2) is 0 Å². The van der Waals surface area contributed by atoms with Crippen molar-refractivity contribution >= 4 is 10.0 Å². The molecule has 0 saturated heterocycles. The van der Waals surface area contributed by atoms with E-state index < -0.39 is 15.6 Å². The molecule has 1 aromatic heterocycles. The number of rotatable bonds is 4. The molecule has 3 aromatic rings. The van der Waals surface area contributed by atoms with Gasteiger partial charge in [-0.25, -0.2) is 17.8 Å². The van der Waals surface area contributed by atoms with Crippen molar-refractivity contribution in [2.75, 3.05) is 13.7 Å². The number of sulfonamides is 1. The minimum absolute atomic E-state index is 0.0598. The van der Waals surface area contributed by atoms with Crippen LogP contribution < -0.4 is 10.3 Å². The highest BCUT2D eigenvalue weighted by Gasteiger charge is 2.30. The first kappa shape index (κ1) is 19.3. The summed E-state index contributed by atoms with van der Waals surface area (Å²) in [7, 11) is -2.25. The van der Waals surface area contributed by atoms with Crippen LogP contribution in [0.15, 0.2) is 58.2 Å². The highest BCUT2D eigenvalue weighted by atomic mass is 32.2. The Hall–Kier alpha value is -3.04. The predicted octanol–water partition coefficient (Wildman–Crippen LogP) is 2.33. The lowest BCUT2D eigenvalue weighted by atomic mass is 10.1. The molecule has 9 heteroatoms. The molecule has 1 aliphatic heterocycles. The maximum Gasteiger partial charge on any atom is 0.255 e. The Morgan fingerprint density at radius 3 is 2.45 bits per heavy atom. The minimum atomic E-state index is -3.76. The molecule has 0 spiro atoms. The smallest absolute Gasteiger partial charge is 0.255 e. The average molecular weight is 415 g/mol. The van der Waals surface area contributed by atoms with Gasteiger partial charge < -0.3 is 9.72 Å². The molecule has 0 atom stereocenters. The van der Waals surface area contributed by atoms with E-state index in [1.54, 1.807) is 12.1 Å². The van der Waals surface area contributed by atoms with Crippen molar-refractivity contribution in [1.82, 2.24) is 14.3 Å². The fourth-order valence-corrected chi connectivity index (χ4v) is 4.66. The SMILES string of the molecule is COc1ccc(S(=O)(=O)N2CCc3nc(-c4ccc(F)cc4)[nH]c(=O)c3C2)cc1. The Balaban J connectivity index is 1.64. The molecule has 2 aromatic carbocycles. The predicted molar refractivity (Wildman–Crippen MR) is 105 cm³/mol. The maximum atomic E-state index is 13.1. The van der Waals surface area contributed by atoms with Crippen LogP contribution in [-0.4, -0.2) is 36.3 Å². The molecule has 0 fully saturated rings. The van der Waals surface area contributed by atoms with Crippen LogP contribution in [0.25, 0.3) is 11.4 Å². The normalized spacial score (nSPS) is 14.4. The van der Waals surface area contributed by atoms with E-state index in [1.807, 2.05) is 0 Å². The summed E-state index contributed by atoms with van der Waals surface area (Å²) in [4.78, 5) is 19.9. The van der Waals surface area contributed by atoms with Gasteiger partial charge in [0, 0.05) is 25.1 Å². The first-order valence-electron chi connectivity index (χ1n) is 8.91. The maximum absolute atomic E-state index is 13.1. The summed E-state index contributed by atoms with van der Waals surface area (Å²) in [6.07, 6.45) is 0.308. The van der Waals surface area contributed by atoms with E-state index in [0.29, 0.717) is 34.8 Å². The van der Waals surface area contributed by atoms with Crippen LogP contribution in [0, 0.1) is 5.82 Å². The van der Waals surface area contributed by atoms with Crippen LogP contribution in [0.3, 0.4) is 0 Å². The molecular formula is C20H18FN3O4S. The lowest BCUT2D eigenvalue weighted by Gasteiger charge is -2.27. The molecule has 0 amide bonds. The van der Waals surface area contributed by atoms with Crippen molar-refractivity contribution in [2.24, 2.45) is 0 Å². The van der Waals surface area contributed by atoms with Crippen molar-refractivity contribution in [3.8, 4) is 17.1 Å². The standard InChI is InChI=1S/C20H18FN3O4S/c1-28-15-6-8-16(9-7-15)29(26,27)24-11-10-18-17(12-24)20(25)23-19(22-18)13-2-4-14(21)5-3-13/h2-9H,10-12H2,1H3,(H,22,23,25). The van der Waals surface area contributed by atoms with Crippen LogP contribution in [0.4, 0.5) is 4.39 Å². The molecule has 0 radical (unpaired) electrons. The number of nitrogens with one attached hydrogen (secondary N) is 1. The van der Waals surface area contributed by atoms with Gasteiger partial charge in [0.2, 0.25) is 10.0 Å². The van der Waals surface area contributed by atoms with Gasteiger partial charge >= 0.3 is 0 Å². The van der Waals surface area contributed by atoms with Crippen molar-refractivity contribution < 1.29 is 17.5 Å². The number of methoxy groups -OCH3 is 1. The molecule has 1 N–H and O–H groups in total. The van der Waals surface area contributed by atoms with E-state index in [9.17, 15) is 17.6 Å². The first-order chi connectivity index (χ1) is 13.9. The number of H-pyrrole nitrogens is 1. The Bertz CT molecular complexity index is 1210. The van der Waals surface area contributed by atoms with E-state index in [1.165, 1.54) is 47.8 Å². The van der Waals surface area contributed by atoms with Crippen LogP contribution in [0.1, 0.15) is 11.3 Å². The van der Waals surface area contributed by atoms with E-state index in [2.05, 4.69) is 9.97 Å². The van der Waals surface area contributed by atoms with E-state index >= 15 is 0 Å². The highest BCUT2D eigenvalue weighted by Crippen LogP contribution is 2.25. The van der Waals surface area contributed by atoms with Gasteiger partial charge in [0.05, 0.1) is 23.3 Å².